The molecule has 0 radical (unpaired) electrons. The van der Waals surface area contributed by atoms with Crippen molar-refractivity contribution in [3.05, 3.63) is 0 Å². The van der Waals surface area contributed by atoms with Gasteiger partial charge in [0.2, 0.25) is 5.91 Å². The van der Waals surface area contributed by atoms with Crippen LogP contribution in [-0.4, -0.2) is 28.6 Å². The van der Waals surface area contributed by atoms with Gasteiger partial charge in [0.05, 0.1) is 11.7 Å². The van der Waals surface area contributed by atoms with Gasteiger partial charge in [-0.05, 0) is 49.9 Å². The molecular weight excluding hydrogens is 236 g/mol. The molecule has 0 aromatic carbocycles. The van der Waals surface area contributed by atoms with Gasteiger partial charge >= 0.3 is 0 Å². The molecule has 1 heterocycles. The Kier molecular flexibility index (Phi) is 3.16. The Balaban J connectivity index is 1.82. The van der Waals surface area contributed by atoms with Crippen molar-refractivity contribution in [3.63, 3.8) is 0 Å². The third-order valence-corrected chi connectivity index (χ3v) is 5.49. The molecule has 3 nitrogen and oxygen atoms in total. The predicted octanol–water partition coefficient (Wildman–Crippen LogP) is 2.76. The van der Waals surface area contributed by atoms with E-state index in [4.69, 9.17) is 0 Å². The molecule has 1 aliphatic heterocycles. The second-order valence-electron chi connectivity index (χ2n) is 7.59. The van der Waals surface area contributed by atoms with E-state index in [1.54, 1.807) is 0 Å². The first-order chi connectivity index (χ1) is 8.94. The average Bonchev–Trinajstić information content (AvgIpc) is 3.05. The molecule has 3 fully saturated rings. The van der Waals surface area contributed by atoms with Crippen LogP contribution in [0, 0.1) is 17.8 Å². The third-order valence-electron chi connectivity index (χ3n) is 5.49. The van der Waals surface area contributed by atoms with E-state index in [2.05, 4.69) is 37.9 Å². The Bertz CT molecular complexity index is 375. The summed E-state index contributed by atoms with van der Waals surface area (Å²) in [5.74, 6) is 2.36. The molecule has 1 saturated heterocycles. The van der Waals surface area contributed by atoms with Gasteiger partial charge in [-0.3, -0.25) is 10.1 Å². The van der Waals surface area contributed by atoms with E-state index in [-0.39, 0.29) is 11.7 Å². The Morgan fingerprint density at radius 2 is 1.95 bits per heavy atom. The highest BCUT2D eigenvalue weighted by Crippen LogP contribution is 2.46. The molecule has 4 atom stereocenters. The fraction of sp³-hybridized carbons (Fsp3) is 0.938. The quantitative estimate of drug-likeness (QED) is 0.832. The van der Waals surface area contributed by atoms with Crippen LogP contribution in [0.5, 0.6) is 0 Å². The van der Waals surface area contributed by atoms with Crippen molar-refractivity contribution in [1.29, 1.82) is 0 Å². The normalized spacial score (nSPS) is 41.3. The number of carbonyl (C=O) groups excluding carboxylic acids is 1. The Hall–Kier alpha value is -0.570. The smallest absolute Gasteiger partial charge is 0.244 e. The van der Waals surface area contributed by atoms with Crippen molar-refractivity contribution >= 4 is 5.91 Å². The van der Waals surface area contributed by atoms with Crippen molar-refractivity contribution in [2.45, 2.75) is 77.5 Å². The molecule has 2 saturated carbocycles. The van der Waals surface area contributed by atoms with Gasteiger partial charge in [0.15, 0.2) is 0 Å². The Morgan fingerprint density at radius 1 is 1.26 bits per heavy atom. The minimum absolute atomic E-state index is 0.155. The lowest BCUT2D eigenvalue weighted by Crippen LogP contribution is -2.51. The summed E-state index contributed by atoms with van der Waals surface area (Å²) in [4.78, 5) is 15.0. The Morgan fingerprint density at radius 3 is 2.47 bits per heavy atom. The standard InChI is InChI=1S/C16H28N2O/c1-10(2)14-17-16(7-8-16)15(19)18(14)13-6-5-11(3)9-12(13)4/h10-14,17H,5-9H2,1-4H3. The van der Waals surface area contributed by atoms with Gasteiger partial charge in [-0.15, -0.1) is 0 Å². The molecule has 3 rings (SSSR count). The number of amides is 1. The van der Waals surface area contributed by atoms with E-state index >= 15 is 0 Å². The zero-order valence-corrected chi connectivity index (χ0v) is 12.8. The van der Waals surface area contributed by atoms with Crippen molar-refractivity contribution < 1.29 is 4.79 Å². The van der Waals surface area contributed by atoms with Crippen LogP contribution in [-0.2, 0) is 4.79 Å². The molecule has 0 aromatic rings. The van der Waals surface area contributed by atoms with E-state index < -0.39 is 0 Å². The fourth-order valence-corrected chi connectivity index (χ4v) is 4.18. The van der Waals surface area contributed by atoms with Crippen molar-refractivity contribution in [1.82, 2.24) is 10.2 Å². The van der Waals surface area contributed by atoms with E-state index in [0.717, 1.165) is 18.8 Å². The molecule has 108 valence electrons. The molecule has 0 bridgehead atoms. The summed E-state index contributed by atoms with van der Waals surface area (Å²) in [5, 5.41) is 3.65. The summed E-state index contributed by atoms with van der Waals surface area (Å²) < 4.78 is 0. The van der Waals surface area contributed by atoms with Gasteiger partial charge in [-0.25, -0.2) is 0 Å². The molecule has 3 aliphatic rings. The minimum atomic E-state index is -0.155. The van der Waals surface area contributed by atoms with E-state index in [9.17, 15) is 4.79 Å². The topological polar surface area (TPSA) is 32.3 Å². The fourth-order valence-electron chi connectivity index (χ4n) is 4.18. The highest BCUT2D eigenvalue weighted by Gasteiger charge is 2.61. The molecule has 19 heavy (non-hydrogen) atoms. The van der Waals surface area contributed by atoms with Crippen LogP contribution < -0.4 is 5.32 Å². The summed E-state index contributed by atoms with van der Waals surface area (Å²) in [6.07, 6.45) is 6.08. The second-order valence-corrected chi connectivity index (χ2v) is 7.59. The van der Waals surface area contributed by atoms with Crippen LogP contribution in [0.2, 0.25) is 0 Å². The molecule has 1 N–H and O–H groups in total. The molecule has 1 spiro atoms. The molecule has 4 unspecified atom stereocenters. The lowest BCUT2D eigenvalue weighted by molar-refractivity contribution is -0.135. The van der Waals surface area contributed by atoms with Crippen molar-refractivity contribution in [2.24, 2.45) is 17.8 Å². The summed E-state index contributed by atoms with van der Waals surface area (Å²) in [6, 6.07) is 0.462. The van der Waals surface area contributed by atoms with Crippen LogP contribution in [0.4, 0.5) is 0 Å². The zero-order chi connectivity index (χ0) is 13.8. The molecule has 3 heteroatoms. The number of hydrogen-bond donors (Lipinski definition) is 1. The first-order valence-corrected chi connectivity index (χ1v) is 8.05. The average molecular weight is 264 g/mol. The minimum Gasteiger partial charge on any atom is -0.322 e. The van der Waals surface area contributed by atoms with Crippen LogP contribution in [0.25, 0.3) is 0 Å². The monoisotopic (exact) mass is 264 g/mol. The Labute approximate surface area is 117 Å². The molecule has 1 amide bonds. The van der Waals surface area contributed by atoms with E-state index in [1.165, 1.54) is 19.3 Å². The number of nitrogens with zero attached hydrogens (tertiary/aromatic N) is 1. The van der Waals surface area contributed by atoms with Crippen LogP contribution in [0.15, 0.2) is 0 Å². The summed E-state index contributed by atoms with van der Waals surface area (Å²) in [7, 11) is 0. The number of hydrogen-bond acceptors (Lipinski definition) is 2. The van der Waals surface area contributed by atoms with Crippen molar-refractivity contribution in [3.8, 4) is 0 Å². The molecule has 2 aliphatic carbocycles. The summed E-state index contributed by atoms with van der Waals surface area (Å²) in [5.41, 5.74) is -0.155. The number of carbonyl (C=O) groups is 1. The predicted molar refractivity (Wildman–Crippen MR) is 76.5 cm³/mol. The SMILES string of the molecule is CC1CCC(N2C(=O)C3(CC3)NC2C(C)C)C(C)C1. The molecule has 0 aromatic heterocycles. The number of nitrogens with one attached hydrogen (secondary N) is 1. The maximum Gasteiger partial charge on any atom is 0.244 e. The van der Waals surface area contributed by atoms with E-state index in [0.29, 0.717) is 23.8 Å². The van der Waals surface area contributed by atoms with Gasteiger partial charge < -0.3 is 4.90 Å². The highest BCUT2D eigenvalue weighted by atomic mass is 16.2. The van der Waals surface area contributed by atoms with Crippen LogP contribution >= 0.6 is 0 Å². The van der Waals surface area contributed by atoms with Gasteiger partial charge in [-0.1, -0.05) is 27.7 Å². The maximum absolute atomic E-state index is 12.8. The second kappa shape index (κ2) is 4.47. The van der Waals surface area contributed by atoms with E-state index in [1.807, 2.05) is 0 Å². The largest absolute Gasteiger partial charge is 0.322 e. The van der Waals surface area contributed by atoms with Gasteiger partial charge in [-0.2, -0.15) is 0 Å². The van der Waals surface area contributed by atoms with Gasteiger partial charge in [0.25, 0.3) is 0 Å². The first kappa shape index (κ1) is 13.4. The number of rotatable bonds is 2. The lowest BCUT2D eigenvalue weighted by atomic mass is 9.78. The molecular formula is C16H28N2O. The first-order valence-electron chi connectivity index (χ1n) is 8.05. The zero-order valence-electron chi connectivity index (χ0n) is 12.8. The van der Waals surface area contributed by atoms with Crippen LogP contribution in [0.3, 0.4) is 0 Å². The van der Waals surface area contributed by atoms with Crippen LogP contribution in [0.1, 0.15) is 59.8 Å². The summed E-state index contributed by atoms with van der Waals surface area (Å²) >= 11 is 0. The van der Waals surface area contributed by atoms with Gasteiger partial charge in [0.1, 0.15) is 0 Å². The maximum atomic E-state index is 12.8. The third kappa shape index (κ3) is 2.10. The highest BCUT2D eigenvalue weighted by molar-refractivity contribution is 5.92. The lowest BCUT2D eigenvalue weighted by Gasteiger charge is -2.42. The summed E-state index contributed by atoms with van der Waals surface area (Å²) in [6.45, 7) is 9.15. The van der Waals surface area contributed by atoms with Crippen molar-refractivity contribution in [2.75, 3.05) is 0 Å². The van der Waals surface area contributed by atoms with Gasteiger partial charge in [0, 0.05) is 6.04 Å².